The van der Waals surface area contributed by atoms with Gasteiger partial charge in [-0.15, -0.1) is 0 Å². The van der Waals surface area contributed by atoms with Crippen molar-refractivity contribution in [2.45, 2.75) is 13.3 Å². The monoisotopic (exact) mass is 227 g/mol. The molecular formula is C10H14ClN3O. The van der Waals surface area contributed by atoms with E-state index in [1.54, 1.807) is 18.3 Å². The fourth-order valence-electron chi connectivity index (χ4n) is 1.07. The van der Waals surface area contributed by atoms with E-state index in [-0.39, 0.29) is 5.91 Å². The summed E-state index contributed by atoms with van der Waals surface area (Å²) in [6.07, 6.45) is 2.01. The van der Waals surface area contributed by atoms with Crippen LogP contribution >= 0.6 is 11.6 Å². The van der Waals surface area contributed by atoms with Gasteiger partial charge in [0, 0.05) is 25.7 Å². The molecule has 1 rings (SSSR count). The minimum absolute atomic E-state index is 0.0407. The fraction of sp³-hybridized carbons (Fsp3) is 0.400. The Labute approximate surface area is 94.0 Å². The topological polar surface area (TPSA) is 54.0 Å². The van der Waals surface area contributed by atoms with Gasteiger partial charge in [-0.05, 0) is 19.1 Å². The first-order valence-corrected chi connectivity index (χ1v) is 5.22. The van der Waals surface area contributed by atoms with Crippen LogP contribution in [0.5, 0.6) is 0 Å². The number of anilines is 1. The Morgan fingerprint density at radius 2 is 2.33 bits per heavy atom. The minimum Gasteiger partial charge on any atom is -0.370 e. The van der Waals surface area contributed by atoms with Crippen LogP contribution in [0.4, 0.5) is 5.82 Å². The molecule has 0 aromatic carbocycles. The summed E-state index contributed by atoms with van der Waals surface area (Å²) >= 11 is 5.68. The second kappa shape index (κ2) is 6.24. The lowest BCUT2D eigenvalue weighted by Crippen LogP contribution is -2.24. The maximum Gasteiger partial charge on any atom is 0.221 e. The predicted molar refractivity (Wildman–Crippen MR) is 61.0 cm³/mol. The van der Waals surface area contributed by atoms with Gasteiger partial charge in [0.05, 0.1) is 5.02 Å². The molecule has 1 amide bonds. The van der Waals surface area contributed by atoms with Gasteiger partial charge in [-0.2, -0.15) is 0 Å². The number of nitrogens with one attached hydrogen (secondary N) is 2. The molecule has 0 unspecified atom stereocenters. The molecule has 82 valence electrons. The van der Waals surface area contributed by atoms with E-state index in [1.165, 1.54) is 0 Å². The van der Waals surface area contributed by atoms with Crippen molar-refractivity contribution < 1.29 is 4.79 Å². The summed E-state index contributed by atoms with van der Waals surface area (Å²) in [4.78, 5) is 15.1. The van der Waals surface area contributed by atoms with E-state index in [0.717, 1.165) is 5.82 Å². The molecular weight excluding hydrogens is 214 g/mol. The van der Waals surface area contributed by atoms with Crippen LogP contribution in [0.25, 0.3) is 0 Å². The Morgan fingerprint density at radius 1 is 1.53 bits per heavy atom. The first-order valence-electron chi connectivity index (χ1n) is 4.84. The molecule has 0 aliphatic heterocycles. The number of aromatic nitrogens is 1. The lowest BCUT2D eigenvalue weighted by atomic mass is 10.4. The number of amides is 1. The molecule has 1 heterocycles. The largest absolute Gasteiger partial charge is 0.370 e. The summed E-state index contributed by atoms with van der Waals surface area (Å²) < 4.78 is 0. The maximum atomic E-state index is 11.1. The lowest BCUT2D eigenvalue weighted by Gasteiger charge is -2.05. The molecule has 1 aromatic rings. The zero-order chi connectivity index (χ0) is 11.1. The van der Waals surface area contributed by atoms with E-state index in [1.807, 2.05) is 6.92 Å². The van der Waals surface area contributed by atoms with Crippen LogP contribution in [0.2, 0.25) is 5.02 Å². The predicted octanol–water partition coefficient (Wildman–Crippen LogP) is 1.67. The van der Waals surface area contributed by atoms with Gasteiger partial charge < -0.3 is 10.6 Å². The Balaban J connectivity index is 2.26. The second-order valence-electron chi connectivity index (χ2n) is 2.99. The van der Waals surface area contributed by atoms with E-state index in [2.05, 4.69) is 15.6 Å². The summed E-state index contributed by atoms with van der Waals surface area (Å²) in [5.74, 6) is 0.766. The van der Waals surface area contributed by atoms with Crippen molar-refractivity contribution in [3.05, 3.63) is 23.4 Å². The van der Waals surface area contributed by atoms with Crippen molar-refractivity contribution in [3.63, 3.8) is 0 Å². The molecule has 0 atom stereocenters. The number of nitrogens with zero attached hydrogens (tertiary/aromatic N) is 1. The van der Waals surface area contributed by atoms with Gasteiger partial charge in [-0.1, -0.05) is 11.6 Å². The van der Waals surface area contributed by atoms with Gasteiger partial charge in [-0.3, -0.25) is 4.79 Å². The first-order chi connectivity index (χ1) is 7.22. The molecule has 0 aliphatic rings. The van der Waals surface area contributed by atoms with Gasteiger partial charge in [-0.25, -0.2) is 4.98 Å². The normalized spacial score (nSPS) is 9.73. The van der Waals surface area contributed by atoms with Crippen LogP contribution in [0, 0.1) is 0 Å². The summed E-state index contributed by atoms with van der Waals surface area (Å²) in [6.45, 7) is 3.13. The highest BCUT2D eigenvalue weighted by Gasteiger charge is 1.99. The lowest BCUT2D eigenvalue weighted by molar-refractivity contribution is -0.120. The molecule has 0 fully saturated rings. The molecule has 4 nitrogen and oxygen atoms in total. The molecule has 0 saturated carbocycles. The number of hydrogen-bond donors (Lipinski definition) is 2. The maximum absolute atomic E-state index is 11.1. The van der Waals surface area contributed by atoms with Gasteiger partial charge in [0.2, 0.25) is 5.91 Å². The SMILES string of the molecule is CCNC(=O)CCNc1ccc(Cl)cn1. The quantitative estimate of drug-likeness (QED) is 0.805. The Kier molecular flexibility index (Phi) is 4.90. The van der Waals surface area contributed by atoms with Crippen molar-refractivity contribution in [1.29, 1.82) is 0 Å². The number of halogens is 1. The first kappa shape index (κ1) is 11.8. The van der Waals surface area contributed by atoms with Crippen LogP contribution in [0.1, 0.15) is 13.3 Å². The second-order valence-corrected chi connectivity index (χ2v) is 3.43. The van der Waals surface area contributed by atoms with E-state index < -0.39 is 0 Å². The standard InChI is InChI=1S/C10H14ClN3O/c1-2-12-10(15)5-6-13-9-4-3-8(11)7-14-9/h3-4,7H,2,5-6H2,1H3,(H,12,15)(H,13,14). The summed E-state index contributed by atoms with van der Waals surface area (Å²) in [6, 6.07) is 3.53. The van der Waals surface area contributed by atoms with E-state index in [0.29, 0.717) is 24.5 Å². The van der Waals surface area contributed by atoms with E-state index in [9.17, 15) is 4.79 Å². The van der Waals surface area contributed by atoms with Crippen LogP contribution in [0.3, 0.4) is 0 Å². The van der Waals surface area contributed by atoms with Gasteiger partial charge in [0.1, 0.15) is 5.82 Å². The molecule has 0 spiro atoms. The van der Waals surface area contributed by atoms with Crippen molar-refractivity contribution >= 4 is 23.3 Å². The van der Waals surface area contributed by atoms with E-state index in [4.69, 9.17) is 11.6 Å². The highest BCUT2D eigenvalue weighted by atomic mass is 35.5. The van der Waals surface area contributed by atoms with Crippen LogP contribution in [-0.2, 0) is 4.79 Å². The zero-order valence-corrected chi connectivity index (χ0v) is 9.34. The summed E-state index contributed by atoms with van der Waals surface area (Å²) in [5.41, 5.74) is 0. The van der Waals surface area contributed by atoms with Crippen LogP contribution in [0.15, 0.2) is 18.3 Å². The number of hydrogen-bond acceptors (Lipinski definition) is 3. The number of pyridine rings is 1. The summed E-state index contributed by atoms with van der Waals surface area (Å²) in [7, 11) is 0. The number of carbonyl (C=O) groups is 1. The van der Waals surface area contributed by atoms with Crippen LogP contribution < -0.4 is 10.6 Å². The van der Waals surface area contributed by atoms with Gasteiger partial charge in [0.15, 0.2) is 0 Å². The van der Waals surface area contributed by atoms with Gasteiger partial charge >= 0.3 is 0 Å². The molecule has 15 heavy (non-hydrogen) atoms. The summed E-state index contributed by atoms with van der Waals surface area (Å²) in [5, 5.41) is 6.35. The van der Waals surface area contributed by atoms with Crippen molar-refractivity contribution in [3.8, 4) is 0 Å². The average Bonchev–Trinajstić information content (AvgIpc) is 2.21. The highest BCUT2D eigenvalue weighted by molar-refractivity contribution is 6.30. The Bertz CT molecular complexity index is 313. The number of carbonyl (C=O) groups excluding carboxylic acids is 1. The third kappa shape index (κ3) is 4.65. The Hall–Kier alpha value is -1.29. The Morgan fingerprint density at radius 3 is 2.93 bits per heavy atom. The van der Waals surface area contributed by atoms with E-state index >= 15 is 0 Å². The fourth-order valence-corrected chi connectivity index (χ4v) is 1.18. The zero-order valence-electron chi connectivity index (χ0n) is 8.59. The minimum atomic E-state index is 0.0407. The molecule has 0 bridgehead atoms. The molecule has 2 N–H and O–H groups in total. The molecule has 5 heteroatoms. The van der Waals surface area contributed by atoms with Gasteiger partial charge in [0.25, 0.3) is 0 Å². The molecule has 1 aromatic heterocycles. The average molecular weight is 228 g/mol. The molecule has 0 radical (unpaired) electrons. The van der Waals surface area contributed by atoms with Crippen molar-refractivity contribution in [1.82, 2.24) is 10.3 Å². The smallest absolute Gasteiger partial charge is 0.221 e. The highest BCUT2D eigenvalue weighted by Crippen LogP contribution is 2.09. The van der Waals surface area contributed by atoms with Crippen molar-refractivity contribution in [2.75, 3.05) is 18.4 Å². The molecule has 0 saturated heterocycles. The third-order valence-electron chi connectivity index (χ3n) is 1.76. The third-order valence-corrected chi connectivity index (χ3v) is 1.98. The van der Waals surface area contributed by atoms with Crippen LogP contribution in [-0.4, -0.2) is 24.0 Å². The van der Waals surface area contributed by atoms with Crippen molar-refractivity contribution in [2.24, 2.45) is 0 Å². The molecule has 0 aliphatic carbocycles. The number of rotatable bonds is 5.